The van der Waals surface area contributed by atoms with Crippen LogP contribution in [0, 0.1) is 5.82 Å². The first-order valence-corrected chi connectivity index (χ1v) is 9.15. The van der Waals surface area contributed by atoms with Gasteiger partial charge in [0.25, 0.3) is 0 Å². The molecule has 4 atom stereocenters. The first-order chi connectivity index (χ1) is 13.5. The van der Waals surface area contributed by atoms with Crippen molar-refractivity contribution in [3.63, 3.8) is 0 Å². The number of amides is 1. The lowest BCUT2D eigenvalue weighted by atomic mass is 10.1. The van der Waals surface area contributed by atoms with Crippen LogP contribution in [0.4, 0.5) is 4.39 Å². The molecule has 0 aliphatic carbocycles. The zero-order valence-electron chi connectivity index (χ0n) is 15.3. The highest BCUT2D eigenvalue weighted by Crippen LogP contribution is 2.23. The lowest BCUT2D eigenvalue weighted by molar-refractivity contribution is -0.125. The number of nitrogens with zero attached hydrogens (tertiary/aromatic N) is 1. The minimum Gasteiger partial charge on any atom is -0.388 e. The third-order valence-electron chi connectivity index (χ3n) is 4.65. The van der Waals surface area contributed by atoms with Gasteiger partial charge in [-0.2, -0.15) is 0 Å². The molecule has 1 aliphatic heterocycles. The maximum Gasteiger partial charge on any atom is 0.222 e. The molecule has 8 heteroatoms. The van der Waals surface area contributed by atoms with Crippen LogP contribution in [0.25, 0.3) is 0 Å². The highest BCUT2D eigenvalue weighted by atomic mass is 19.1. The van der Waals surface area contributed by atoms with Crippen molar-refractivity contribution in [3.05, 3.63) is 65.7 Å². The number of benzene rings is 1. The average Bonchev–Trinajstić information content (AvgIpc) is 2.97. The minimum absolute atomic E-state index is 0.0487. The minimum atomic E-state index is -1.14. The molecule has 1 aromatic heterocycles. The first kappa shape index (κ1) is 20.3. The molecule has 0 saturated carbocycles. The van der Waals surface area contributed by atoms with E-state index in [1.54, 1.807) is 30.6 Å². The number of rotatable bonds is 8. The van der Waals surface area contributed by atoms with Crippen molar-refractivity contribution in [2.75, 3.05) is 6.54 Å². The number of hydrogen-bond donors (Lipinski definition) is 4. The van der Waals surface area contributed by atoms with Gasteiger partial charge in [0, 0.05) is 32.0 Å². The van der Waals surface area contributed by atoms with E-state index in [9.17, 15) is 19.4 Å². The van der Waals surface area contributed by atoms with Crippen molar-refractivity contribution in [3.8, 4) is 0 Å². The quantitative estimate of drug-likeness (QED) is 0.525. The fourth-order valence-electron chi connectivity index (χ4n) is 3.08. The van der Waals surface area contributed by atoms with Crippen LogP contribution >= 0.6 is 0 Å². The van der Waals surface area contributed by atoms with Gasteiger partial charge in [-0.05, 0) is 29.3 Å². The summed E-state index contributed by atoms with van der Waals surface area (Å²) in [6, 6.07) is 9.71. The summed E-state index contributed by atoms with van der Waals surface area (Å²) in [5, 5.41) is 26.2. The van der Waals surface area contributed by atoms with Crippen LogP contribution in [0.2, 0.25) is 0 Å². The third kappa shape index (κ3) is 5.56. The third-order valence-corrected chi connectivity index (χ3v) is 4.65. The Labute approximate surface area is 162 Å². The van der Waals surface area contributed by atoms with E-state index >= 15 is 0 Å². The van der Waals surface area contributed by atoms with E-state index in [0.29, 0.717) is 19.6 Å². The number of aliphatic hydroxyl groups excluding tert-OH is 2. The van der Waals surface area contributed by atoms with Crippen molar-refractivity contribution >= 4 is 5.91 Å². The van der Waals surface area contributed by atoms with Crippen LogP contribution < -0.4 is 10.6 Å². The highest BCUT2D eigenvalue weighted by Gasteiger charge is 2.42. The number of carbonyl (C=O) groups is 1. The predicted octanol–water partition coefficient (Wildman–Crippen LogP) is 0.506. The molecule has 1 amide bonds. The second-order valence-electron chi connectivity index (χ2n) is 6.79. The molecule has 0 unspecified atom stereocenters. The Hall–Kier alpha value is -2.39. The molecule has 1 aromatic carbocycles. The van der Waals surface area contributed by atoms with Gasteiger partial charge in [-0.25, -0.2) is 4.39 Å². The van der Waals surface area contributed by atoms with E-state index < -0.39 is 24.4 Å². The van der Waals surface area contributed by atoms with E-state index in [1.807, 2.05) is 6.07 Å². The van der Waals surface area contributed by atoms with Crippen LogP contribution in [0.15, 0.2) is 48.8 Å². The normalized spacial score (nSPS) is 24.2. The second kappa shape index (κ2) is 9.70. The smallest absolute Gasteiger partial charge is 0.222 e. The maximum atomic E-state index is 12.9. The van der Waals surface area contributed by atoms with Crippen molar-refractivity contribution in [2.45, 2.75) is 43.9 Å². The Balaban J connectivity index is 1.42. The van der Waals surface area contributed by atoms with Crippen molar-refractivity contribution in [2.24, 2.45) is 0 Å². The Morgan fingerprint density at radius 3 is 2.54 bits per heavy atom. The summed E-state index contributed by atoms with van der Waals surface area (Å²) in [6.45, 7) is 1.10. The lowest BCUT2D eigenvalue weighted by Crippen LogP contribution is -2.38. The van der Waals surface area contributed by atoms with Crippen LogP contribution in [0.5, 0.6) is 0 Å². The van der Waals surface area contributed by atoms with Crippen LogP contribution in [0.3, 0.4) is 0 Å². The number of hydrogen-bond acceptors (Lipinski definition) is 6. The molecule has 1 fully saturated rings. The van der Waals surface area contributed by atoms with Gasteiger partial charge in [0.05, 0.1) is 18.6 Å². The second-order valence-corrected chi connectivity index (χ2v) is 6.79. The topological polar surface area (TPSA) is 104 Å². The Kier molecular flexibility index (Phi) is 7.05. The monoisotopic (exact) mass is 389 g/mol. The molecule has 2 aromatic rings. The average molecular weight is 389 g/mol. The fraction of sp³-hybridized carbons (Fsp3) is 0.400. The lowest BCUT2D eigenvalue weighted by Gasteiger charge is -2.15. The number of nitrogens with one attached hydrogen (secondary N) is 2. The highest BCUT2D eigenvalue weighted by molar-refractivity contribution is 5.76. The molecule has 0 radical (unpaired) electrons. The number of aliphatic hydroxyl groups is 2. The van der Waals surface area contributed by atoms with E-state index in [-0.39, 0.29) is 18.1 Å². The number of halogens is 1. The molecule has 0 bridgehead atoms. The van der Waals surface area contributed by atoms with Crippen LogP contribution in [-0.4, -0.2) is 52.1 Å². The SMILES string of the molecule is O=C(C[C@@H]1O[C@H](CNCc2ccc(F)cc2)[C@@H](O)[C@H]1O)NCc1cccnc1. The largest absolute Gasteiger partial charge is 0.388 e. The zero-order valence-corrected chi connectivity index (χ0v) is 15.3. The summed E-state index contributed by atoms with van der Waals surface area (Å²) in [7, 11) is 0. The molecule has 2 heterocycles. The molecule has 0 spiro atoms. The predicted molar refractivity (Wildman–Crippen MR) is 99.5 cm³/mol. The van der Waals surface area contributed by atoms with Crippen molar-refractivity contribution in [1.29, 1.82) is 0 Å². The summed E-state index contributed by atoms with van der Waals surface area (Å²) in [5.41, 5.74) is 1.76. The standard InChI is InChI=1S/C20H24FN3O4/c21-15-5-3-13(4-6-15)9-23-12-17-20(27)19(26)16(28-17)8-18(25)24-11-14-2-1-7-22-10-14/h1-7,10,16-17,19-20,23,26-27H,8-9,11-12H2,(H,24,25)/t16-,17+,19-,20+/m0/s1. The molecule has 150 valence electrons. The zero-order chi connectivity index (χ0) is 19.9. The van der Waals surface area contributed by atoms with Gasteiger partial charge in [0.15, 0.2) is 0 Å². The van der Waals surface area contributed by atoms with Crippen LogP contribution in [0.1, 0.15) is 17.5 Å². The van der Waals surface area contributed by atoms with Gasteiger partial charge in [-0.15, -0.1) is 0 Å². The summed E-state index contributed by atoms with van der Waals surface area (Å²) in [6.07, 6.45) is -0.368. The Bertz CT molecular complexity index is 760. The van der Waals surface area contributed by atoms with Gasteiger partial charge in [0.1, 0.15) is 18.0 Å². The Morgan fingerprint density at radius 2 is 1.82 bits per heavy atom. The van der Waals surface area contributed by atoms with Gasteiger partial charge in [0.2, 0.25) is 5.91 Å². The maximum absolute atomic E-state index is 12.9. The molecule has 4 N–H and O–H groups in total. The number of pyridine rings is 1. The summed E-state index contributed by atoms with van der Waals surface area (Å²) in [4.78, 5) is 16.1. The summed E-state index contributed by atoms with van der Waals surface area (Å²) < 4.78 is 18.6. The first-order valence-electron chi connectivity index (χ1n) is 9.15. The van der Waals surface area contributed by atoms with E-state index in [0.717, 1.165) is 11.1 Å². The van der Waals surface area contributed by atoms with E-state index in [1.165, 1.54) is 12.1 Å². The molecular weight excluding hydrogens is 365 g/mol. The number of carbonyl (C=O) groups excluding carboxylic acids is 1. The van der Waals surface area contributed by atoms with Crippen molar-refractivity contribution in [1.82, 2.24) is 15.6 Å². The molecule has 3 rings (SSSR count). The van der Waals surface area contributed by atoms with E-state index in [4.69, 9.17) is 4.74 Å². The molecule has 1 saturated heterocycles. The number of aromatic nitrogens is 1. The number of ether oxygens (including phenoxy) is 1. The molecule has 28 heavy (non-hydrogen) atoms. The summed E-state index contributed by atoms with van der Waals surface area (Å²) >= 11 is 0. The summed E-state index contributed by atoms with van der Waals surface area (Å²) in [5.74, 6) is -0.578. The molecule has 1 aliphatic rings. The molecular formula is C20H24FN3O4. The van der Waals surface area contributed by atoms with E-state index in [2.05, 4.69) is 15.6 Å². The Morgan fingerprint density at radius 1 is 1.07 bits per heavy atom. The van der Waals surface area contributed by atoms with Gasteiger partial charge in [-0.3, -0.25) is 9.78 Å². The molecule has 7 nitrogen and oxygen atoms in total. The van der Waals surface area contributed by atoms with Gasteiger partial charge in [-0.1, -0.05) is 18.2 Å². The van der Waals surface area contributed by atoms with Gasteiger partial charge < -0.3 is 25.6 Å². The van der Waals surface area contributed by atoms with Crippen LogP contribution in [-0.2, 0) is 22.6 Å². The fourth-order valence-corrected chi connectivity index (χ4v) is 3.08. The van der Waals surface area contributed by atoms with Crippen molar-refractivity contribution < 1.29 is 24.1 Å². The van der Waals surface area contributed by atoms with Gasteiger partial charge >= 0.3 is 0 Å².